The number of aryl methyl sites for hydroxylation is 2. The molecule has 0 aliphatic rings. The molecule has 0 bridgehead atoms. The molecule has 132 valence electrons. The highest BCUT2D eigenvalue weighted by molar-refractivity contribution is 7.99. The van der Waals surface area contributed by atoms with Gasteiger partial charge in [0.1, 0.15) is 0 Å². The average molecular weight is 369 g/mol. The minimum absolute atomic E-state index is 0.173. The number of hydrogen-bond acceptors (Lipinski definition) is 7. The van der Waals surface area contributed by atoms with Crippen LogP contribution in [-0.2, 0) is 0 Å². The Morgan fingerprint density at radius 2 is 1.88 bits per heavy atom. The quantitative estimate of drug-likeness (QED) is 0.368. The summed E-state index contributed by atoms with van der Waals surface area (Å²) in [7, 11) is 0. The van der Waals surface area contributed by atoms with E-state index in [1.54, 1.807) is 0 Å². The zero-order chi connectivity index (χ0) is 18.8. The highest BCUT2D eigenvalue weighted by Gasteiger charge is 2.20. The highest BCUT2D eigenvalue weighted by atomic mass is 32.2. The molecule has 0 saturated heterocycles. The number of ketones is 1. The summed E-state index contributed by atoms with van der Waals surface area (Å²) in [5.41, 5.74) is 3.15. The van der Waals surface area contributed by atoms with E-state index in [1.807, 2.05) is 32.0 Å². The van der Waals surface area contributed by atoms with E-state index in [0.717, 1.165) is 28.5 Å². The third-order valence-electron chi connectivity index (χ3n) is 3.92. The number of benzene rings is 2. The molecule has 26 heavy (non-hydrogen) atoms. The van der Waals surface area contributed by atoms with Gasteiger partial charge in [-0.1, -0.05) is 6.07 Å². The lowest BCUT2D eigenvalue weighted by Gasteiger charge is -2.02. The third kappa shape index (κ3) is 3.65. The van der Waals surface area contributed by atoms with Crippen molar-refractivity contribution in [2.24, 2.45) is 0 Å². The van der Waals surface area contributed by atoms with Gasteiger partial charge in [-0.2, -0.15) is 0 Å². The first kappa shape index (κ1) is 17.8. The SMILES string of the molecule is CC(=O)c1ccc(Sc2nnc(-c3ccc(C)c(C)c3)o2)c([N+](=O)[O-])c1. The van der Waals surface area contributed by atoms with Crippen LogP contribution in [0.25, 0.3) is 11.5 Å². The van der Waals surface area contributed by atoms with Crippen molar-refractivity contribution in [1.82, 2.24) is 10.2 Å². The number of carbonyl (C=O) groups is 1. The number of aromatic nitrogens is 2. The molecular weight excluding hydrogens is 354 g/mol. The molecule has 3 rings (SSSR count). The molecule has 0 saturated carbocycles. The first-order chi connectivity index (χ1) is 12.3. The van der Waals surface area contributed by atoms with Crippen LogP contribution in [0.4, 0.5) is 5.69 Å². The number of nitro groups is 1. The normalized spacial score (nSPS) is 10.7. The second-order valence-electron chi connectivity index (χ2n) is 5.77. The smallest absolute Gasteiger partial charge is 0.284 e. The van der Waals surface area contributed by atoms with E-state index in [4.69, 9.17) is 4.42 Å². The summed E-state index contributed by atoms with van der Waals surface area (Å²) in [6, 6.07) is 10.1. The summed E-state index contributed by atoms with van der Waals surface area (Å²) in [6.45, 7) is 5.36. The van der Waals surface area contributed by atoms with Crippen LogP contribution in [0.15, 0.2) is 50.9 Å². The Morgan fingerprint density at radius 3 is 2.54 bits per heavy atom. The summed E-state index contributed by atoms with van der Waals surface area (Å²) < 4.78 is 5.63. The topological polar surface area (TPSA) is 99.1 Å². The molecule has 1 aromatic heterocycles. The average Bonchev–Trinajstić information content (AvgIpc) is 3.05. The van der Waals surface area contributed by atoms with E-state index >= 15 is 0 Å². The number of nitro benzene ring substituents is 1. The van der Waals surface area contributed by atoms with Gasteiger partial charge < -0.3 is 4.42 Å². The van der Waals surface area contributed by atoms with Crippen molar-refractivity contribution < 1.29 is 14.1 Å². The zero-order valence-electron chi connectivity index (χ0n) is 14.3. The number of carbonyl (C=O) groups excluding carboxylic acids is 1. The van der Waals surface area contributed by atoms with Crippen molar-refractivity contribution in [3.8, 4) is 11.5 Å². The Morgan fingerprint density at radius 1 is 1.12 bits per heavy atom. The van der Waals surface area contributed by atoms with Gasteiger partial charge >= 0.3 is 0 Å². The molecular formula is C18H15N3O4S. The molecule has 0 aliphatic heterocycles. The molecule has 0 amide bonds. The lowest BCUT2D eigenvalue weighted by atomic mass is 10.1. The van der Waals surface area contributed by atoms with Gasteiger partial charge in [0.25, 0.3) is 10.9 Å². The monoisotopic (exact) mass is 369 g/mol. The van der Waals surface area contributed by atoms with Crippen LogP contribution in [0.2, 0.25) is 0 Å². The van der Waals surface area contributed by atoms with Crippen LogP contribution in [-0.4, -0.2) is 20.9 Å². The second-order valence-corrected chi connectivity index (χ2v) is 6.76. The van der Waals surface area contributed by atoms with E-state index in [0.29, 0.717) is 10.8 Å². The minimum Gasteiger partial charge on any atom is -0.411 e. The van der Waals surface area contributed by atoms with E-state index < -0.39 is 4.92 Å². The molecule has 2 aromatic carbocycles. The predicted octanol–water partition coefficient (Wildman–Crippen LogP) is 4.62. The molecule has 7 nitrogen and oxygen atoms in total. The second kappa shape index (κ2) is 7.09. The maximum atomic E-state index is 11.4. The van der Waals surface area contributed by atoms with E-state index in [-0.39, 0.29) is 22.3 Å². The van der Waals surface area contributed by atoms with Crippen molar-refractivity contribution in [2.75, 3.05) is 0 Å². The maximum Gasteiger partial charge on any atom is 0.284 e. The molecule has 0 atom stereocenters. The van der Waals surface area contributed by atoms with Crippen molar-refractivity contribution >= 4 is 23.2 Å². The number of rotatable bonds is 5. The molecule has 8 heteroatoms. The summed E-state index contributed by atoms with van der Waals surface area (Å²) in [4.78, 5) is 22.5. The Hall–Kier alpha value is -3.00. The van der Waals surface area contributed by atoms with Crippen LogP contribution < -0.4 is 0 Å². The Bertz CT molecular complexity index is 1010. The fraction of sp³-hybridized carbons (Fsp3) is 0.167. The Kier molecular flexibility index (Phi) is 4.85. The van der Waals surface area contributed by atoms with Gasteiger partial charge in [0.2, 0.25) is 5.89 Å². The fourth-order valence-electron chi connectivity index (χ4n) is 2.30. The molecule has 0 unspecified atom stereocenters. The molecule has 0 N–H and O–H groups in total. The van der Waals surface area contributed by atoms with Gasteiger partial charge in [-0.05, 0) is 67.9 Å². The van der Waals surface area contributed by atoms with Crippen LogP contribution in [0.3, 0.4) is 0 Å². The molecule has 0 fully saturated rings. The van der Waals surface area contributed by atoms with Gasteiger partial charge in [0.05, 0.1) is 9.82 Å². The van der Waals surface area contributed by atoms with Crippen LogP contribution >= 0.6 is 11.8 Å². The summed E-state index contributed by atoms with van der Waals surface area (Å²) >= 11 is 0.993. The standard InChI is InChI=1S/C18H15N3O4S/c1-10-4-5-14(8-11(10)2)17-19-20-18(25-17)26-16-7-6-13(12(3)22)9-15(16)21(23)24/h4-9H,1-3H3. The minimum atomic E-state index is -0.532. The maximum absolute atomic E-state index is 11.4. The first-order valence-corrected chi connectivity index (χ1v) is 8.55. The van der Waals surface area contributed by atoms with Crippen LogP contribution in [0.1, 0.15) is 28.4 Å². The first-order valence-electron chi connectivity index (χ1n) is 7.73. The predicted molar refractivity (Wildman–Crippen MR) is 96.4 cm³/mol. The summed E-state index contributed by atoms with van der Waals surface area (Å²) in [5, 5.41) is 19.5. The zero-order valence-corrected chi connectivity index (χ0v) is 15.2. The highest BCUT2D eigenvalue weighted by Crippen LogP contribution is 2.36. The third-order valence-corrected chi connectivity index (χ3v) is 4.82. The van der Waals surface area contributed by atoms with E-state index in [9.17, 15) is 14.9 Å². The number of Topliss-reactive ketones (excluding diaryl/α,β-unsaturated/α-hetero) is 1. The Balaban J connectivity index is 1.90. The molecule has 1 heterocycles. The fourth-order valence-corrected chi connectivity index (χ4v) is 3.07. The van der Waals surface area contributed by atoms with Crippen LogP contribution in [0, 0.1) is 24.0 Å². The van der Waals surface area contributed by atoms with Crippen molar-refractivity contribution in [3.63, 3.8) is 0 Å². The van der Waals surface area contributed by atoms with Crippen molar-refractivity contribution in [2.45, 2.75) is 30.9 Å². The molecule has 0 radical (unpaired) electrons. The molecule has 0 aliphatic carbocycles. The largest absolute Gasteiger partial charge is 0.411 e. The van der Waals surface area contributed by atoms with Crippen molar-refractivity contribution in [1.29, 1.82) is 0 Å². The Labute approximate surface area is 153 Å². The summed E-state index contributed by atoms with van der Waals surface area (Å²) in [5.74, 6) is 0.109. The van der Waals surface area contributed by atoms with Crippen LogP contribution in [0.5, 0.6) is 0 Å². The van der Waals surface area contributed by atoms with Gasteiger partial charge in [0, 0.05) is 17.2 Å². The van der Waals surface area contributed by atoms with Gasteiger partial charge in [-0.25, -0.2) is 0 Å². The van der Waals surface area contributed by atoms with E-state index in [2.05, 4.69) is 10.2 Å². The number of hydrogen-bond donors (Lipinski definition) is 0. The van der Waals surface area contributed by atoms with Gasteiger partial charge in [-0.3, -0.25) is 14.9 Å². The summed E-state index contributed by atoms with van der Waals surface area (Å²) in [6.07, 6.45) is 0. The van der Waals surface area contributed by atoms with Crippen molar-refractivity contribution in [3.05, 3.63) is 63.2 Å². The van der Waals surface area contributed by atoms with Gasteiger partial charge in [-0.15, -0.1) is 10.2 Å². The molecule has 0 spiro atoms. The molecule has 3 aromatic rings. The van der Waals surface area contributed by atoms with E-state index in [1.165, 1.54) is 25.1 Å². The lowest BCUT2D eigenvalue weighted by molar-refractivity contribution is -0.387. The number of nitrogens with zero attached hydrogens (tertiary/aromatic N) is 3. The van der Waals surface area contributed by atoms with Gasteiger partial charge in [0.15, 0.2) is 5.78 Å². The lowest BCUT2D eigenvalue weighted by Crippen LogP contribution is -1.97.